The monoisotopic (exact) mass is 239 g/mol. The first-order chi connectivity index (χ1) is 8.24. The standard InChI is InChI=1S/C13H25N3O/c1-4-5-8-17-9-6-7-14-12(2)13-10-15-16(3)11-13/h10-12,14H,4-9H2,1-3H3. The second-order valence-electron chi connectivity index (χ2n) is 4.44. The van der Waals surface area contributed by atoms with E-state index in [0.29, 0.717) is 6.04 Å². The lowest BCUT2D eigenvalue weighted by molar-refractivity contribution is 0.128. The zero-order chi connectivity index (χ0) is 12.5. The largest absolute Gasteiger partial charge is 0.381 e. The molecule has 1 aromatic heterocycles. The van der Waals surface area contributed by atoms with Crippen molar-refractivity contribution in [3.8, 4) is 0 Å². The van der Waals surface area contributed by atoms with Gasteiger partial charge in [-0.15, -0.1) is 0 Å². The van der Waals surface area contributed by atoms with Gasteiger partial charge in [0.05, 0.1) is 6.20 Å². The molecule has 1 heterocycles. The van der Waals surface area contributed by atoms with Gasteiger partial charge in [0.15, 0.2) is 0 Å². The highest BCUT2D eigenvalue weighted by molar-refractivity contribution is 5.08. The summed E-state index contributed by atoms with van der Waals surface area (Å²) in [6.07, 6.45) is 7.40. The van der Waals surface area contributed by atoms with E-state index in [1.54, 1.807) is 0 Å². The summed E-state index contributed by atoms with van der Waals surface area (Å²) in [4.78, 5) is 0. The fourth-order valence-electron chi connectivity index (χ4n) is 1.62. The van der Waals surface area contributed by atoms with Gasteiger partial charge in [-0.2, -0.15) is 5.10 Å². The summed E-state index contributed by atoms with van der Waals surface area (Å²) in [6, 6.07) is 0.361. The maximum atomic E-state index is 5.51. The van der Waals surface area contributed by atoms with Gasteiger partial charge >= 0.3 is 0 Å². The first-order valence-electron chi connectivity index (χ1n) is 6.53. The van der Waals surface area contributed by atoms with Gasteiger partial charge in [0.25, 0.3) is 0 Å². The molecule has 1 aromatic rings. The summed E-state index contributed by atoms with van der Waals surface area (Å²) in [5, 5.41) is 7.64. The van der Waals surface area contributed by atoms with Gasteiger partial charge in [0.1, 0.15) is 0 Å². The van der Waals surface area contributed by atoms with E-state index in [4.69, 9.17) is 4.74 Å². The van der Waals surface area contributed by atoms with Crippen molar-refractivity contribution < 1.29 is 4.74 Å². The van der Waals surface area contributed by atoms with Crippen LogP contribution in [0.2, 0.25) is 0 Å². The normalized spacial score (nSPS) is 12.9. The van der Waals surface area contributed by atoms with Crippen LogP contribution in [0.5, 0.6) is 0 Å². The number of hydrogen-bond donors (Lipinski definition) is 1. The highest BCUT2D eigenvalue weighted by Crippen LogP contribution is 2.09. The molecule has 17 heavy (non-hydrogen) atoms. The third-order valence-corrected chi connectivity index (χ3v) is 2.78. The number of rotatable bonds is 9. The minimum absolute atomic E-state index is 0.361. The van der Waals surface area contributed by atoms with Crippen LogP contribution in [0.15, 0.2) is 12.4 Å². The molecular weight excluding hydrogens is 214 g/mol. The fraction of sp³-hybridized carbons (Fsp3) is 0.769. The molecule has 0 bridgehead atoms. The molecule has 1 rings (SSSR count). The molecule has 4 nitrogen and oxygen atoms in total. The minimum atomic E-state index is 0.361. The van der Waals surface area contributed by atoms with E-state index in [-0.39, 0.29) is 0 Å². The van der Waals surface area contributed by atoms with Crippen LogP contribution in [0.3, 0.4) is 0 Å². The van der Waals surface area contributed by atoms with E-state index in [9.17, 15) is 0 Å². The van der Waals surface area contributed by atoms with Crippen LogP contribution in [0.4, 0.5) is 0 Å². The fourth-order valence-corrected chi connectivity index (χ4v) is 1.62. The SMILES string of the molecule is CCCCOCCCNC(C)c1cnn(C)c1. The Balaban J connectivity index is 2.03. The van der Waals surface area contributed by atoms with E-state index in [1.165, 1.54) is 18.4 Å². The van der Waals surface area contributed by atoms with E-state index < -0.39 is 0 Å². The van der Waals surface area contributed by atoms with Gasteiger partial charge in [0, 0.05) is 38.1 Å². The molecule has 0 aliphatic rings. The van der Waals surface area contributed by atoms with E-state index >= 15 is 0 Å². The van der Waals surface area contributed by atoms with E-state index in [1.807, 2.05) is 17.9 Å². The molecule has 98 valence electrons. The zero-order valence-corrected chi connectivity index (χ0v) is 11.3. The second kappa shape index (κ2) is 8.25. The van der Waals surface area contributed by atoms with Crippen molar-refractivity contribution in [2.45, 2.75) is 39.2 Å². The van der Waals surface area contributed by atoms with Crippen LogP contribution in [0.1, 0.15) is 44.7 Å². The Bertz CT molecular complexity index is 299. The van der Waals surface area contributed by atoms with Gasteiger partial charge in [0.2, 0.25) is 0 Å². The lowest BCUT2D eigenvalue weighted by atomic mass is 10.2. The van der Waals surface area contributed by atoms with Gasteiger partial charge in [-0.3, -0.25) is 4.68 Å². The molecule has 1 unspecified atom stereocenters. The van der Waals surface area contributed by atoms with Gasteiger partial charge in [-0.25, -0.2) is 0 Å². The van der Waals surface area contributed by atoms with Crippen molar-refractivity contribution in [1.29, 1.82) is 0 Å². The smallest absolute Gasteiger partial charge is 0.0537 e. The molecule has 0 saturated carbocycles. The molecule has 0 spiro atoms. The van der Waals surface area contributed by atoms with Crippen LogP contribution in [0, 0.1) is 0 Å². The summed E-state index contributed by atoms with van der Waals surface area (Å²) in [7, 11) is 1.94. The van der Waals surface area contributed by atoms with Gasteiger partial charge in [-0.1, -0.05) is 13.3 Å². The van der Waals surface area contributed by atoms with E-state index in [0.717, 1.165) is 26.2 Å². The molecule has 1 N–H and O–H groups in total. The lowest BCUT2D eigenvalue weighted by Crippen LogP contribution is -2.20. The Kier molecular flexibility index (Phi) is 6.89. The van der Waals surface area contributed by atoms with E-state index in [2.05, 4.69) is 30.5 Å². The van der Waals surface area contributed by atoms with Crippen molar-refractivity contribution in [2.24, 2.45) is 7.05 Å². The minimum Gasteiger partial charge on any atom is -0.381 e. The number of aryl methyl sites for hydroxylation is 1. The predicted octanol–water partition coefficient (Wildman–Crippen LogP) is 2.28. The Morgan fingerprint density at radius 3 is 2.82 bits per heavy atom. The summed E-state index contributed by atoms with van der Waals surface area (Å²) >= 11 is 0. The first-order valence-corrected chi connectivity index (χ1v) is 6.53. The van der Waals surface area contributed by atoms with Crippen LogP contribution < -0.4 is 5.32 Å². The zero-order valence-electron chi connectivity index (χ0n) is 11.3. The van der Waals surface area contributed by atoms with Gasteiger partial charge in [-0.05, 0) is 26.3 Å². The topological polar surface area (TPSA) is 39.1 Å². The maximum absolute atomic E-state index is 5.51. The number of ether oxygens (including phenoxy) is 1. The van der Waals surface area contributed by atoms with Crippen LogP contribution in [-0.2, 0) is 11.8 Å². The third kappa shape index (κ3) is 5.84. The summed E-state index contributed by atoms with van der Waals surface area (Å²) in [6.45, 7) is 7.08. The van der Waals surface area contributed by atoms with Crippen LogP contribution in [-0.4, -0.2) is 29.5 Å². The summed E-state index contributed by atoms with van der Waals surface area (Å²) < 4.78 is 7.34. The predicted molar refractivity (Wildman–Crippen MR) is 70.0 cm³/mol. The molecule has 0 radical (unpaired) electrons. The maximum Gasteiger partial charge on any atom is 0.0537 e. The van der Waals surface area contributed by atoms with Crippen molar-refractivity contribution >= 4 is 0 Å². The molecule has 0 saturated heterocycles. The number of unbranched alkanes of at least 4 members (excludes halogenated alkanes) is 1. The lowest BCUT2D eigenvalue weighted by Gasteiger charge is -2.11. The Morgan fingerprint density at radius 1 is 1.41 bits per heavy atom. The molecule has 0 aromatic carbocycles. The molecule has 0 aliphatic carbocycles. The quantitative estimate of drug-likeness (QED) is 0.672. The molecule has 1 atom stereocenters. The highest BCUT2D eigenvalue weighted by Gasteiger charge is 2.05. The number of hydrogen-bond acceptors (Lipinski definition) is 3. The number of aromatic nitrogens is 2. The van der Waals surface area contributed by atoms with Crippen molar-refractivity contribution in [3.63, 3.8) is 0 Å². The second-order valence-corrected chi connectivity index (χ2v) is 4.44. The van der Waals surface area contributed by atoms with Crippen molar-refractivity contribution in [2.75, 3.05) is 19.8 Å². The Labute approximate surface area is 104 Å². The number of nitrogens with zero attached hydrogens (tertiary/aromatic N) is 2. The van der Waals surface area contributed by atoms with Crippen molar-refractivity contribution in [3.05, 3.63) is 18.0 Å². The third-order valence-electron chi connectivity index (χ3n) is 2.78. The first kappa shape index (κ1) is 14.2. The molecular formula is C13H25N3O. The highest BCUT2D eigenvalue weighted by atomic mass is 16.5. The average Bonchev–Trinajstić information content (AvgIpc) is 2.74. The molecule has 0 amide bonds. The summed E-state index contributed by atoms with van der Waals surface area (Å²) in [5.74, 6) is 0. The van der Waals surface area contributed by atoms with Crippen LogP contribution in [0.25, 0.3) is 0 Å². The van der Waals surface area contributed by atoms with Crippen LogP contribution >= 0.6 is 0 Å². The Hall–Kier alpha value is -0.870. The average molecular weight is 239 g/mol. The Morgan fingerprint density at radius 2 is 2.18 bits per heavy atom. The molecule has 4 heteroatoms. The molecule has 0 fully saturated rings. The number of nitrogens with one attached hydrogen (secondary N) is 1. The molecule has 0 aliphatic heterocycles. The van der Waals surface area contributed by atoms with Gasteiger partial charge < -0.3 is 10.1 Å². The van der Waals surface area contributed by atoms with Crippen molar-refractivity contribution in [1.82, 2.24) is 15.1 Å². The summed E-state index contributed by atoms with van der Waals surface area (Å²) in [5.41, 5.74) is 1.24.